The summed E-state index contributed by atoms with van der Waals surface area (Å²) in [5.41, 5.74) is 3.28. The molecule has 0 unspecified atom stereocenters. The topological polar surface area (TPSA) is 67.6 Å². The molecule has 3 aromatic rings. The molecule has 6 nitrogen and oxygen atoms in total. The monoisotopic (exact) mass is 437 g/mol. The van der Waals surface area contributed by atoms with E-state index in [1.807, 2.05) is 12.1 Å². The van der Waals surface area contributed by atoms with Crippen LogP contribution in [-0.2, 0) is 22.7 Å². The van der Waals surface area contributed by atoms with Gasteiger partial charge in [0.15, 0.2) is 5.76 Å². The fraction of sp³-hybridized carbons (Fsp3) is 0.360. The first-order valence-electron chi connectivity index (χ1n) is 11.0. The van der Waals surface area contributed by atoms with Gasteiger partial charge in [0.25, 0.3) is 0 Å². The summed E-state index contributed by atoms with van der Waals surface area (Å²) in [5, 5.41) is 6.77. The summed E-state index contributed by atoms with van der Waals surface area (Å²) < 4.78 is 23.7. The lowest BCUT2D eigenvalue weighted by Gasteiger charge is -2.30. The molecule has 0 atom stereocenters. The Labute approximate surface area is 187 Å². The van der Waals surface area contributed by atoms with Crippen molar-refractivity contribution in [1.82, 2.24) is 10.1 Å². The van der Waals surface area contributed by atoms with Gasteiger partial charge in [0.05, 0.1) is 6.61 Å². The lowest BCUT2D eigenvalue weighted by atomic mass is 9.99. The van der Waals surface area contributed by atoms with Gasteiger partial charge in [-0.25, -0.2) is 4.39 Å². The number of hydrogen-bond donors (Lipinski definition) is 1. The van der Waals surface area contributed by atoms with Gasteiger partial charge in [0.2, 0.25) is 5.91 Å². The lowest BCUT2D eigenvalue weighted by Crippen LogP contribution is -2.32. The van der Waals surface area contributed by atoms with Crippen LogP contribution in [0.15, 0.2) is 59.1 Å². The Kier molecular flexibility index (Phi) is 7.29. The number of nitrogens with zero attached hydrogens (tertiary/aromatic N) is 2. The van der Waals surface area contributed by atoms with Crippen molar-refractivity contribution in [1.29, 1.82) is 0 Å². The van der Waals surface area contributed by atoms with E-state index in [9.17, 15) is 9.18 Å². The lowest BCUT2D eigenvalue weighted by molar-refractivity contribution is -0.121. The molecule has 1 aliphatic heterocycles. The first kappa shape index (κ1) is 22.2. The molecule has 0 bridgehead atoms. The number of halogens is 1. The van der Waals surface area contributed by atoms with Crippen molar-refractivity contribution >= 4 is 11.6 Å². The van der Waals surface area contributed by atoms with Crippen LogP contribution in [0.1, 0.15) is 31.0 Å². The average molecular weight is 438 g/mol. The summed E-state index contributed by atoms with van der Waals surface area (Å²) in [6.07, 6.45) is 2.52. The number of carbonyl (C=O) groups excluding carboxylic acids is 1. The van der Waals surface area contributed by atoms with Gasteiger partial charge < -0.3 is 14.6 Å². The summed E-state index contributed by atoms with van der Waals surface area (Å²) in [6, 6.07) is 15.6. The number of amides is 1. The van der Waals surface area contributed by atoms with E-state index < -0.39 is 0 Å². The molecule has 1 aliphatic rings. The number of nitrogens with one attached hydrogen (secondary N) is 1. The van der Waals surface area contributed by atoms with E-state index in [4.69, 9.17) is 9.26 Å². The summed E-state index contributed by atoms with van der Waals surface area (Å²) in [5.74, 6) is 0.804. The molecule has 32 heavy (non-hydrogen) atoms. The zero-order valence-corrected chi connectivity index (χ0v) is 18.2. The Morgan fingerprint density at radius 2 is 1.88 bits per heavy atom. The predicted octanol–water partition coefficient (Wildman–Crippen LogP) is 4.87. The Morgan fingerprint density at radius 1 is 1.16 bits per heavy atom. The van der Waals surface area contributed by atoms with Crippen molar-refractivity contribution < 1.29 is 18.4 Å². The van der Waals surface area contributed by atoms with Crippen LogP contribution in [0.2, 0.25) is 0 Å². The number of piperidine rings is 1. The number of hydrogen-bond acceptors (Lipinski definition) is 5. The van der Waals surface area contributed by atoms with Crippen molar-refractivity contribution in [3.8, 4) is 11.3 Å². The van der Waals surface area contributed by atoms with Crippen LogP contribution >= 0.6 is 0 Å². The Balaban J connectivity index is 1.19. The number of anilines is 1. The first-order valence-corrected chi connectivity index (χ1v) is 11.0. The Bertz CT molecular complexity index is 1010. The highest BCUT2D eigenvalue weighted by Gasteiger charge is 2.15. The molecule has 0 saturated carbocycles. The van der Waals surface area contributed by atoms with Gasteiger partial charge in [-0.3, -0.25) is 9.69 Å². The van der Waals surface area contributed by atoms with Crippen LogP contribution < -0.4 is 5.32 Å². The molecule has 2 heterocycles. The Morgan fingerprint density at radius 3 is 2.59 bits per heavy atom. The number of carbonyl (C=O) groups is 1. The summed E-state index contributed by atoms with van der Waals surface area (Å²) in [4.78, 5) is 14.6. The third-order valence-corrected chi connectivity index (χ3v) is 5.69. The van der Waals surface area contributed by atoms with Gasteiger partial charge in [0.1, 0.15) is 18.1 Å². The highest BCUT2D eigenvalue weighted by atomic mass is 19.1. The third kappa shape index (κ3) is 6.24. The van der Waals surface area contributed by atoms with Crippen LogP contribution in [0.4, 0.5) is 10.1 Å². The Hall–Kier alpha value is -3.03. The molecule has 2 aromatic carbocycles. The molecule has 168 valence electrons. The fourth-order valence-electron chi connectivity index (χ4n) is 3.75. The summed E-state index contributed by atoms with van der Waals surface area (Å²) in [7, 11) is 0. The van der Waals surface area contributed by atoms with E-state index in [0.29, 0.717) is 11.5 Å². The smallest absolute Gasteiger partial charge is 0.250 e. The molecule has 1 N–H and O–H groups in total. The predicted molar refractivity (Wildman–Crippen MR) is 120 cm³/mol. The standard InChI is InChI=1S/C25H28FN3O3/c1-18-10-12-29(13-11-18)15-19-2-8-22(9-3-19)27-25(30)17-31-16-23-14-24(32-28-23)20-4-6-21(26)7-5-20/h2-9,14,18H,10-13,15-17H2,1H3,(H,27,30). The minimum Gasteiger partial charge on any atom is -0.365 e. The van der Waals surface area contributed by atoms with Crippen molar-refractivity contribution in [3.63, 3.8) is 0 Å². The quantitative estimate of drug-likeness (QED) is 0.545. The molecule has 1 saturated heterocycles. The zero-order chi connectivity index (χ0) is 22.3. The van der Waals surface area contributed by atoms with Gasteiger partial charge >= 0.3 is 0 Å². The number of ether oxygens (including phenoxy) is 1. The van der Waals surface area contributed by atoms with E-state index in [0.717, 1.165) is 36.8 Å². The normalized spacial score (nSPS) is 15.1. The summed E-state index contributed by atoms with van der Waals surface area (Å²) >= 11 is 0. The number of rotatable bonds is 8. The molecule has 4 rings (SSSR count). The molecule has 1 amide bonds. The SMILES string of the molecule is CC1CCN(Cc2ccc(NC(=O)COCc3cc(-c4ccc(F)cc4)on3)cc2)CC1. The number of likely N-dealkylation sites (tertiary alicyclic amines) is 1. The molecule has 1 fully saturated rings. The maximum atomic E-state index is 13.0. The molecule has 0 radical (unpaired) electrons. The minimum atomic E-state index is -0.311. The molecule has 1 aromatic heterocycles. The van der Waals surface area contributed by atoms with E-state index in [-0.39, 0.29) is 24.9 Å². The zero-order valence-electron chi connectivity index (χ0n) is 18.2. The van der Waals surface area contributed by atoms with Crippen LogP contribution in [-0.4, -0.2) is 35.7 Å². The van der Waals surface area contributed by atoms with Gasteiger partial charge in [0, 0.05) is 23.9 Å². The average Bonchev–Trinajstić information content (AvgIpc) is 3.26. The van der Waals surface area contributed by atoms with Crippen LogP contribution in [0, 0.1) is 11.7 Å². The largest absolute Gasteiger partial charge is 0.365 e. The van der Waals surface area contributed by atoms with E-state index in [2.05, 4.69) is 34.4 Å². The first-order chi connectivity index (χ1) is 15.5. The molecule has 0 spiro atoms. The van der Waals surface area contributed by atoms with Crippen molar-refractivity contribution in [3.05, 3.63) is 71.7 Å². The highest BCUT2D eigenvalue weighted by molar-refractivity contribution is 5.91. The van der Waals surface area contributed by atoms with E-state index in [1.165, 1.54) is 30.5 Å². The van der Waals surface area contributed by atoms with Crippen molar-refractivity contribution in [2.24, 2.45) is 5.92 Å². The van der Waals surface area contributed by atoms with Crippen molar-refractivity contribution in [2.45, 2.75) is 32.9 Å². The van der Waals surface area contributed by atoms with Gasteiger partial charge in [-0.05, 0) is 73.8 Å². The fourth-order valence-corrected chi connectivity index (χ4v) is 3.75. The third-order valence-electron chi connectivity index (χ3n) is 5.69. The van der Waals surface area contributed by atoms with E-state index >= 15 is 0 Å². The number of benzene rings is 2. The maximum absolute atomic E-state index is 13.0. The van der Waals surface area contributed by atoms with E-state index in [1.54, 1.807) is 18.2 Å². The minimum absolute atomic E-state index is 0.0908. The molecular weight excluding hydrogens is 409 g/mol. The summed E-state index contributed by atoms with van der Waals surface area (Å²) in [6.45, 7) is 5.61. The second kappa shape index (κ2) is 10.5. The maximum Gasteiger partial charge on any atom is 0.250 e. The van der Waals surface area contributed by atoms with Crippen LogP contribution in [0.5, 0.6) is 0 Å². The van der Waals surface area contributed by atoms with Crippen molar-refractivity contribution in [2.75, 3.05) is 25.0 Å². The number of aromatic nitrogens is 1. The second-order valence-electron chi connectivity index (χ2n) is 8.39. The second-order valence-corrected chi connectivity index (χ2v) is 8.39. The van der Waals surface area contributed by atoms with Gasteiger partial charge in [-0.15, -0.1) is 0 Å². The highest BCUT2D eigenvalue weighted by Crippen LogP contribution is 2.21. The molecule has 7 heteroatoms. The molecular formula is C25H28FN3O3. The van der Waals surface area contributed by atoms with Crippen LogP contribution in [0.3, 0.4) is 0 Å². The molecule has 0 aliphatic carbocycles. The van der Waals surface area contributed by atoms with Crippen LogP contribution in [0.25, 0.3) is 11.3 Å². The van der Waals surface area contributed by atoms with Gasteiger partial charge in [-0.1, -0.05) is 24.2 Å². The van der Waals surface area contributed by atoms with Gasteiger partial charge in [-0.2, -0.15) is 0 Å².